The van der Waals surface area contributed by atoms with Crippen molar-refractivity contribution in [2.45, 2.75) is 11.8 Å². The van der Waals surface area contributed by atoms with Crippen LogP contribution in [0.1, 0.15) is 17.2 Å². The quantitative estimate of drug-likeness (QED) is 0.897. The van der Waals surface area contributed by atoms with Crippen molar-refractivity contribution in [3.05, 3.63) is 71.8 Å². The van der Waals surface area contributed by atoms with E-state index in [1.807, 2.05) is 60.7 Å². The minimum atomic E-state index is -0.927. The van der Waals surface area contributed by atoms with Crippen LogP contribution in [-0.4, -0.2) is 9.96 Å². The molecule has 2 atom stereocenters. The molecule has 2 aromatic carbocycles. The molecule has 0 aliphatic carbocycles. The molecular weight excluding hydrogens is 242 g/mol. The van der Waals surface area contributed by atoms with Crippen LogP contribution in [-0.2, 0) is 16.6 Å². The highest BCUT2D eigenvalue weighted by Gasteiger charge is 2.10. The Morgan fingerprint density at radius 2 is 1.50 bits per heavy atom. The fraction of sp³-hybridized carbons (Fsp3) is 0.200. The molecule has 0 aromatic heterocycles. The summed E-state index contributed by atoms with van der Waals surface area (Å²) in [5.74, 6) is 1.07. The van der Waals surface area contributed by atoms with Crippen molar-refractivity contribution >= 4 is 10.8 Å². The first-order valence-corrected chi connectivity index (χ1v) is 7.44. The van der Waals surface area contributed by atoms with E-state index in [1.165, 1.54) is 0 Å². The SMILES string of the molecule is NC(CS(=O)Cc1ccccc1)c1ccccc1. The van der Waals surface area contributed by atoms with E-state index in [9.17, 15) is 4.21 Å². The van der Waals surface area contributed by atoms with Crippen LogP contribution in [0.2, 0.25) is 0 Å². The molecule has 2 rings (SSSR count). The number of hydrogen-bond acceptors (Lipinski definition) is 2. The number of nitrogens with two attached hydrogens (primary N) is 1. The molecule has 18 heavy (non-hydrogen) atoms. The van der Waals surface area contributed by atoms with Crippen molar-refractivity contribution in [2.75, 3.05) is 5.75 Å². The van der Waals surface area contributed by atoms with Crippen LogP contribution in [0.25, 0.3) is 0 Å². The van der Waals surface area contributed by atoms with E-state index in [-0.39, 0.29) is 6.04 Å². The second kappa shape index (κ2) is 6.47. The maximum atomic E-state index is 12.0. The molecule has 0 heterocycles. The smallest absolute Gasteiger partial charge is 0.0486 e. The molecule has 0 amide bonds. The Morgan fingerprint density at radius 3 is 2.11 bits per heavy atom. The summed E-state index contributed by atoms with van der Waals surface area (Å²) in [7, 11) is -0.927. The van der Waals surface area contributed by atoms with E-state index in [0.29, 0.717) is 11.5 Å². The predicted octanol–water partition coefficient (Wildman–Crippen LogP) is 2.64. The largest absolute Gasteiger partial charge is 0.323 e. The average Bonchev–Trinajstić information content (AvgIpc) is 2.40. The van der Waals surface area contributed by atoms with E-state index in [4.69, 9.17) is 5.73 Å². The maximum Gasteiger partial charge on any atom is 0.0486 e. The van der Waals surface area contributed by atoms with Gasteiger partial charge in [-0.15, -0.1) is 0 Å². The Balaban J connectivity index is 1.92. The van der Waals surface area contributed by atoms with Gasteiger partial charge in [-0.1, -0.05) is 60.7 Å². The summed E-state index contributed by atoms with van der Waals surface area (Å²) in [6, 6.07) is 19.5. The number of benzene rings is 2. The lowest BCUT2D eigenvalue weighted by Gasteiger charge is -2.11. The first-order valence-electron chi connectivity index (χ1n) is 5.95. The highest BCUT2D eigenvalue weighted by Crippen LogP contribution is 2.12. The van der Waals surface area contributed by atoms with E-state index >= 15 is 0 Å². The lowest BCUT2D eigenvalue weighted by molar-refractivity contribution is 0.674. The van der Waals surface area contributed by atoms with Crippen LogP contribution in [0.15, 0.2) is 60.7 Å². The molecule has 3 heteroatoms. The summed E-state index contributed by atoms with van der Waals surface area (Å²) >= 11 is 0. The summed E-state index contributed by atoms with van der Waals surface area (Å²) in [4.78, 5) is 0. The van der Waals surface area contributed by atoms with E-state index in [2.05, 4.69) is 0 Å². The lowest BCUT2D eigenvalue weighted by Crippen LogP contribution is -2.19. The number of rotatable bonds is 5. The third kappa shape index (κ3) is 3.79. The molecular formula is C15H17NOS. The van der Waals surface area contributed by atoms with Crippen LogP contribution in [0.3, 0.4) is 0 Å². The van der Waals surface area contributed by atoms with Crippen LogP contribution in [0, 0.1) is 0 Å². The molecule has 94 valence electrons. The Bertz CT molecular complexity index is 498. The van der Waals surface area contributed by atoms with E-state index < -0.39 is 10.8 Å². The molecule has 2 unspecified atom stereocenters. The molecule has 0 bridgehead atoms. The summed E-state index contributed by atoms with van der Waals surface area (Å²) in [5.41, 5.74) is 8.19. The van der Waals surface area contributed by atoms with Gasteiger partial charge in [0.05, 0.1) is 0 Å². The van der Waals surface area contributed by atoms with Crippen LogP contribution in [0.5, 0.6) is 0 Å². The van der Waals surface area contributed by atoms with Crippen LogP contribution in [0.4, 0.5) is 0 Å². The maximum absolute atomic E-state index is 12.0. The zero-order valence-electron chi connectivity index (χ0n) is 10.2. The lowest BCUT2D eigenvalue weighted by atomic mass is 10.1. The average molecular weight is 259 g/mol. The van der Waals surface area contributed by atoms with Gasteiger partial charge in [-0.2, -0.15) is 0 Å². The Hall–Kier alpha value is -1.45. The number of hydrogen-bond donors (Lipinski definition) is 1. The molecule has 0 aliphatic rings. The van der Waals surface area contributed by atoms with Gasteiger partial charge in [0.2, 0.25) is 0 Å². The van der Waals surface area contributed by atoms with Crippen molar-refractivity contribution in [2.24, 2.45) is 5.73 Å². The molecule has 0 spiro atoms. The van der Waals surface area contributed by atoms with Crippen LogP contribution >= 0.6 is 0 Å². The van der Waals surface area contributed by atoms with Gasteiger partial charge in [0.15, 0.2) is 0 Å². The minimum Gasteiger partial charge on any atom is -0.323 e. The van der Waals surface area contributed by atoms with Gasteiger partial charge in [-0.3, -0.25) is 4.21 Å². The summed E-state index contributed by atoms with van der Waals surface area (Å²) < 4.78 is 12.0. The highest BCUT2D eigenvalue weighted by atomic mass is 32.2. The van der Waals surface area contributed by atoms with Gasteiger partial charge in [-0.05, 0) is 11.1 Å². The van der Waals surface area contributed by atoms with E-state index in [1.54, 1.807) is 0 Å². The van der Waals surface area contributed by atoms with Gasteiger partial charge >= 0.3 is 0 Å². The molecule has 0 radical (unpaired) electrons. The van der Waals surface area contributed by atoms with Gasteiger partial charge in [0.25, 0.3) is 0 Å². The molecule has 2 nitrogen and oxygen atoms in total. The predicted molar refractivity (Wildman–Crippen MR) is 76.5 cm³/mol. The van der Waals surface area contributed by atoms with Crippen molar-refractivity contribution in [3.63, 3.8) is 0 Å². The van der Waals surface area contributed by atoms with Crippen molar-refractivity contribution in [3.8, 4) is 0 Å². The Labute approximate surface area is 110 Å². The standard InChI is InChI=1S/C15H17NOS/c16-15(14-9-5-2-6-10-14)12-18(17)11-13-7-3-1-4-8-13/h1-10,15H,11-12,16H2. The Kier molecular flexibility index (Phi) is 4.67. The topological polar surface area (TPSA) is 43.1 Å². The summed E-state index contributed by atoms with van der Waals surface area (Å²) in [5, 5.41) is 0. The van der Waals surface area contributed by atoms with Gasteiger partial charge in [0, 0.05) is 28.3 Å². The molecule has 0 fully saturated rings. The second-order valence-electron chi connectivity index (χ2n) is 4.25. The highest BCUT2D eigenvalue weighted by molar-refractivity contribution is 7.84. The monoisotopic (exact) mass is 259 g/mol. The zero-order chi connectivity index (χ0) is 12.8. The second-order valence-corrected chi connectivity index (χ2v) is 5.76. The summed E-state index contributed by atoms with van der Waals surface area (Å²) in [6.07, 6.45) is 0. The first kappa shape index (κ1) is 13.0. The third-order valence-electron chi connectivity index (χ3n) is 2.76. The molecule has 2 N–H and O–H groups in total. The van der Waals surface area contributed by atoms with Crippen molar-refractivity contribution < 1.29 is 4.21 Å². The van der Waals surface area contributed by atoms with Crippen molar-refractivity contribution in [1.29, 1.82) is 0 Å². The molecule has 0 saturated heterocycles. The molecule has 0 saturated carbocycles. The fourth-order valence-electron chi connectivity index (χ4n) is 1.82. The Morgan fingerprint density at radius 1 is 0.944 bits per heavy atom. The first-order chi connectivity index (χ1) is 8.75. The molecule has 0 aliphatic heterocycles. The molecule has 2 aromatic rings. The minimum absolute atomic E-state index is 0.157. The van der Waals surface area contributed by atoms with Gasteiger partial charge in [0.1, 0.15) is 0 Å². The van der Waals surface area contributed by atoms with Crippen molar-refractivity contribution in [1.82, 2.24) is 0 Å². The van der Waals surface area contributed by atoms with E-state index in [0.717, 1.165) is 11.1 Å². The fourth-order valence-corrected chi connectivity index (χ4v) is 3.09. The third-order valence-corrected chi connectivity index (χ3v) is 4.15. The van der Waals surface area contributed by atoms with Crippen LogP contribution < -0.4 is 5.73 Å². The summed E-state index contributed by atoms with van der Waals surface area (Å²) in [6.45, 7) is 0. The van der Waals surface area contributed by atoms with Gasteiger partial charge < -0.3 is 5.73 Å². The van der Waals surface area contributed by atoms with Gasteiger partial charge in [-0.25, -0.2) is 0 Å². The normalized spacial score (nSPS) is 14.1. The zero-order valence-corrected chi connectivity index (χ0v) is 11.0.